The van der Waals surface area contributed by atoms with Gasteiger partial charge in [0.1, 0.15) is 11.4 Å². The molecule has 2 N–H and O–H groups in total. The van der Waals surface area contributed by atoms with E-state index < -0.39 is 22.5 Å². The van der Waals surface area contributed by atoms with Crippen molar-refractivity contribution in [2.45, 2.75) is 13.1 Å². The van der Waals surface area contributed by atoms with Crippen LogP contribution in [0.3, 0.4) is 0 Å². The fourth-order valence-electron chi connectivity index (χ4n) is 2.31. The Balaban J connectivity index is 1.91. The predicted octanol–water partition coefficient (Wildman–Crippen LogP) is 5.20. The minimum Gasteiger partial charge on any atom is -0.340 e. The van der Waals surface area contributed by atoms with Crippen LogP contribution < -0.4 is 10.6 Å². The van der Waals surface area contributed by atoms with Crippen molar-refractivity contribution in [3.63, 3.8) is 0 Å². The fourth-order valence-corrected chi connectivity index (χ4v) is 2.31. The van der Waals surface area contributed by atoms with Crippen molar-refractivity contribution in [2.75, 3.05) is 10.6 Å². The molecule has 0 fully saturated rings. The molecule has 0 atom stereocenters. The number of aromatic nitrogens is 2. The molecule has 28 heavy (non-hydrogen) atoms. The van der Waals surface area contributed by atoms with Crippen LogP contribution in [-0.2, 0) is 6.18 Å². The molecule has 0 amide bonds. The first-order chi connectivity index (χ1) is 13.2. The van der Waals surface area contributed by atoms with E-state index in [4.69, 9.17) is 0 Å². The Morgan fingerprint density at radius 1 is 0.964 bits per heavy atom. The number of hydrogen-bond donors (Lipinski definition) is 2. The van der Waals surface area contributed by atoms with Crippen LogP contribution in [0.2, 0.25) is 0 Å². The lowest BCUT2D eigenvalue weighted by Crippen LogP contribution is -2.12. The van der Waals surface area contributed by atoms with Crippen molar-refractivity contribution in [3.05, 3.63) is 76.0 Å². The largest absolute Gasteiger partial charge is 0.421 e. The number of benzene rings is 2. The molecule has 0 aliphatic heterocycles. The maximum atomic E-state index is 13.3. The predicted molar refractivity (Wildman–Crippen MR) is 97.9 cm³/mol. The Bertz CT molecular complexity index is 990. The summed E-state index contributed by atoms with van der Waals surface area (Å²) in [6, 6.07) is 12.1. The third kappa shape index (κ3) is 4.53. The summed E-state index contributed by atoms with van der Waals surface area (Å²) in [6.45, 7) is 1.91. The number of nitro groups is 1. The van der Waals surface area contributed by atoms with Crippen LogP contribution in [0.25, 0.3) is 0 Å². The second kappa shape index (κ2) is 7.51. The van der Waals surface area contributed by atoms with Gasteiger partial charge in [0.25, 0.3) is 5.69 Å². The smallest absolute Gasteiger partial charge is 0.340 e. The topological polar surface area (TPSA) is 93.0 Å². The SMILES string of the molecule is Cc1ccc(Nc2ncc(C(F)(F)F)c(Nc3ccc([N+](=O)[O-])cc3)n2)cc1. The molecule has 1 aromatic heterocycles. The molecular weight excluding hydrogens is 375 g/mol. The Morgan fingerprint density at radius 3 is 2.11 bits per heavy atom. The van der Waals surface area contributed by atoms with Crippen LogP contribution in [0.15, 0.2) is 54.7 Å². The molecule has 0 bridgehead atoms. The molecule has 0 unspecified atom stereocenters. The highest BCUT2D eigenvalue weighted by Gasteiger charge is 2.35. The number of nitrogens with one attached hydrogen (secondary N) is 2. The second-order valence-corrected chi connectivity index (χ2v) is 5.87. The van der Waals surface area contributed by atoms with Crippen LogP contribution in [0.5, 0.6) is 0 Å². The van der Waals surface area contributed by atoms with Gasteiger partial charge in [-0.05, 0) is 31.2 Å². The quantitative estimate of drug-likeness (QED) is 0.460. The van der Waals surface area contributed by atoms with Gasteiger partial charge in [-0.2, -0.15) is 18.2 Å². The number of alkyl halides is 3. The number of halogens is 3. The molecule has 2 aromatic carbocycles. The highest BCUT2D eigenvalue weighted by molar-refractivity contribution is 5.63. The molecule has 144 valence electrons. The van der Waals surface area contributed by atoms with E-state index in [1.807, 2.05) is 19.1 Å². The molecule has 0 aliphatic rings. The van der Waals surface area contributed by atoms with Crippen LogP contribution in [0.1, 0.15) is 11.1 Å². The summed E-state index contributed by atoms with van der Waals surface area (Å²) in [5.74, 6) is -0.493. The summed E-state index contributed by atoms with van der Waals surface area (Å²) in [6.07, 6.45) is -4.00. The molecule has 1 heterocycles. The molecule has 3 rings (SSSR count). The lowest BCUT2D eigenvalue weighted by atomic mass is 10.2. The molecule has 0 saturated carbocycles. The zero-order valence-electron chi connectivity index (χ0n) is 14.5. The standard InChI is InChI=1S/C18H14F3N5O2/c1-11-2-4-13(5-3-11)24-17-22-10-15(18(19,20)21)16(25-17)23-12-6-8-14(9-7-12)26(27)28/h2-10H,1H3,(H2,22,23,24,25). The minimum absolute atomic E-state index is 0.0266. The van der Waals surface area contributed by atoms with Crippen LogP contribution >= 0.6 is 0 Å². The van der Waals surface area contributed by atoms with E-state index in [1.165, 1.54) is 24.3 Å². The molecule has 10 heteroatoms. The summed E-state index contributed by atoms with van der Waals surface area (Å²) in [5, 5.41) is 16.1. The summed E-state index contributed by atoms with van der Waals surface area (Å²) in [7, 11) is 0. The molecule has 7 nitrogen and oxygen atoms in total. The number of non-ortho nitro benzene ring substituents is 1. The van der Waals surface area contributed by atoms with Gasteiger partial charge in [-0.1, -0.05) is 17.7 Å². The first kappa shape index (κ1) is 19.1. The lowest BCUT2D eigenvalue weighted by Gasteiger charge is -2.15. The number of nitrogens with zero attached hydrogens (tertiary/aromatic N) is 3. The van der Waals surface area contributed by atoms with Gasteiger partial charge in [0.05, 0.1) is 4.92 Å². The van der Waals surface area contributed by atoms with Gasteiger partial charge < -0.3 is 10.6 Å². The van der Waals surface area contributed by atoms with Gasteiger partial charge in [-0.15, -0.1) is 0 Å². The highest BCUT2D eigenvalue weighted by Crippen LogP contribution is 2.35. The number of nitro benzene ring substituents is 1. The Labute approximate surface area is 157 Å². The van der Waals surface area contributed by atoms with E-state index in [9.17, 15) is 23.3 Å². The van der Waals surface area contributed by atoms with Gasteiger partial charge in [0.2, 0.25) is 5.95 Å². The summed E-state index contributed by atoms with van der Waals surface area (Å²) in [4.78, 5) is 17.8. The zero-order valence-corrected chi connectivity index (χ0v) is 14.5. The monoisotopic (exact) mass is 389 g/mol. The molecule has 3 aromatic rings. The van der Waals surface area contributed by atoms with Crippen molar-refractivity contribution < 1.29 is 18.1 Å². The van der Waals surface area contributed by atoms with Crippen molar-refractivity contribution in [3.8, 4) is 0 Å². The first-order valence-electron chi connectivity index (χ1n) is 8.02. The Morgan fingerprint density at radius 2 is 1.54 bits per heavy atom. The van der Waals surface area contributed by atoms with Gasteiger partial charge in [0, 0.05) is 29.7 Å². The summed E-state index contributed by atoms with van der Waals surface area (Å²) < 4.78 is 39.9. The summed E-state index contributed by atoms with van der Waals surface area (Å²) in [5.41, 5.74) is 0.633. The van der Waals surface area contributed by atoms with E-state index in [0.717, 1.165) is 5.56 Å². The highest BCUT2D eigenvalue weighted by atomic mass is 19.4. The Hall–Kier alpha value is -3.69. The summed E-state index contributed by atoms with van der Waals surface area (Å²) >= 11 is 0. The van der Waals surface area contributed by atoms with Gasteiger partial charge >= 0.3 is 6.18 Å². The third-order valence-electron chi connectivity index (χ3n) is 3.74. The number of rotatable bonds is 5. The van der Waals surface area contributed by atoms with Crippen molar-refractivity contribution >= 4 is 28.8 Å². The average molecular weight is 389 g/mol. The number of aryl methyl sites for hydroxylation is 1. The minimum atomic E-state index is -4.68. The average Bonchev–Trinajstić information content (AvgIpc) is 2.63. The van der Waals surface area contributed by atoms with Crippen LogP contribution in [0.4, 0.5) is 42.0 Å². The van der Waals surface area contributed by atoms with E-state index in [-0.39, 0.29) is 17.3 Å². The van der Waals surface area contributed by atoms with E-state index in [0.29, 0.717) is 11.9 Å². The van der Waals surface area contributed by atoms with E-state index in [1.54, 1.807) is 12.1 Å². The molecule has 0 aliphatic carbocycles. The van der Waals surface area contributed by atoms with Crippen molar-refractivity contribution in [2.24, 2.45) is 0 Å². The fraction of sp³-hybridized carbons (Fsp3) is 0.111. The van der Waals surface area contributed by atoms with Gasteiger partial charge in [-0.3, -0.25) is 10.1 Å². The van der Waals surface area contributed by atoms with Crippen molar-refractivity contribution in [1.29, 1.82) is 0 Å². The molecule has 0 spiro atoms. The lowest BCUT2D eigenvalue weighted by molar-refractivity contribution is -0.384. The van der Waals surface area contributed by atoms with E-state index >= 15 is 0 Å². The molecule has 0 saturated heterocycles. The van der Waals surface area contributed by atoms with Crippen molar-refractivity contribution in [1.82, 2.24) is 9.97 Å². The van der Waals surface area contributed by atoms with Gasteiger partial charge in [0.15, 0.2) is 0 Å². The normalized spacial score (nSPS) is 11.1. The van der Waals surface area contributed by atoms with Crippen LogP contribution in [-0.4, -0.2) is 14.9 Å². The molecular formula is C18H14F3N5O2. The number of hydrogen-bond acceptors (Lipinski definition) is 6. The second-order valence-electron chi connectivity index (χ2n) is 5.87. The third-order valence-corrected chi connectivity index (χ3v) is 3.74. The van der Waals surface area contributed by atoms with Gasteiger partial charge in [-0.25, -0.2) is 4.98 Å². The maximum absolute atomic E-state index is 13.3. The zero-order chi connectivity index (χ0) is 20.3. The number of anilines is 4. The Kier molecular flexibility index (Phi) is 5.12. The maximum Gasteiger partial charge on any atom is 0.421 e. The first-order valence-corrected chi connectivity index (χ1v) is 8.02. The van der Waals surface area contributed by atoms with Crippen LogP contribution in [0, 0.1) is 17.0 Å². The van der Waals surface area contributed by atoms with E-state index in [2.05, 4.69) is 20.6 Å². The molecule has 0 radical (unpaired) electrons.